The first-order valence-electron chi connectivity index (χ1n) is 11.2. The fourth-order valence-electron chi connectivity index (χ4n) is 4.58. The van der Waals surface area contributed by atoms with Crippen LogP contribution in [0.25, 0.3) is 6.08 Å². The second-order valence-electron chi connectivity index (χ2n) is 8.56. The minimum Gasteiger partial charge on any atom is -0.351 e. The zero-order valence-electron chi connectivity index (χ0n) is 18.5. The van der Waals surface area contributed by atoms with Crippen molar-refractivity contribution in [3.63, 3.8) is 0 Å². The molecule has 1 unspecified atom stereocenters. The number of amidine groups is 1. The Morgan fingerprint density at radius 2 is 1.94 bits per heavy atom. The highest BCUT2D eigenvalue weighted by Gasteiger charge is 2.35. The lowest BCUT2D eigenvalue weighted by Gasteiger charge is -2.30. The molecule has 1 amide bonds. The Hall–Kier alpha value is -3.06. The summed E-state index contributed by atoms with van der Waals surface area (Å²) in [4.78, 5) is 17.6. The summed E-state index contributed by atoms with van der Waals surface area (Å²) >= 11 is 0. The molecule has 5 rings (SSSR count). The van der Waals surface area contributed by atoms with Crippen molar-refractivity contribution in [2.75, 3.05) is 31.6 Å². The summed E-state index contributed by atoms with van der Waals surface area (Å²) in [5, 5.41) is 9.56. The van der Waals surface area contributed by atoms with E-state index in [0.29, 0.717) is 18.8 Å². The summed E-state index contributed by atoms with van der Waals surface area (Å²) in [6, 6.07) is 10.8. The van der Waals surface area contributed by atoms with Gasteiger partial charge in [0, 0.05) is 26.7 Å². The number of benzene rings is 1. The highest BCUT2D eigenvalue weighted by Crippen LogP contribution is 2.36. The average molecular weight is 419 g/mol. The largest absolute Gasteiger partial charge is 0.351 e. The number of carbonyl (C=O) groups is 1. The van der Waals surface area contributed by atoms with Crippen LogP contribution in [0.4, 0.5) is 5.69 Å². The SMILES string of the molecule is CCNC(=O)c1cc2c(n1Cc1cccc(CN3CCC3)c1)C=CC1=NN(C)C(C)N12. The molecule has 1 atom stereocenters. The molecule has 0 bridgehead atoms. The molecule has 0 aliphatic carbocycles. The second-order valence-corrected chi connectivity index (χ2v) is 8.56. The third-order valence-corrected chi connectivity index (χ3v) is 6.45. The van der Waals surface area contributed by atoms with E-state index in [2.05, 4.69) is 62.1 Å². The van der Waals surface area contributed by atoms with Crippen LogP contribution < -0.4 is 10.2 Å². The fraction of sp³-hybridized carbons (Fsp3) is 0.417. The molecule has 31 heavy (non-hydrogen) atoms. The zero-order valence-corrected chi connectivity index (χ0v) is 18.5. The zero-order chi connectivity index (χ0) is 21.5. The minimum atomic E-state index is -0.0410. The van der Waals surface area contributed by atoms with Crippen molar-refractivity contribution >= 4 is 23.5 Å². The molecule has 7 heteroatoms. The van der Waals surface area contributed by atoms with Gasteiger partial charge in [0.05, 0.1) is 11.4 Å². The molecule has 1 aromatic heterocycles. The Morgan fingerprint density at radius 1 is 1.16 bits per heavy atom. The number of hydrazone groups is 1. The van der Waals surface area contributed by atoms with Crippen molar-refractivity contribution in [3.8, 4) is 0 Å². The van der Waals surface area contributed by atoms with Crippen molar-refractivity contribution in [2.24, 2.45) is 5.10 Å². The van der Waals surface area contributed by atoms with Gasteiger partial charge in [-0.05, 0) is 62.7 Å². The first-order valence-corrected chi connectivity index (χ1v) is 11.2. The fourth-order valence-corrected chi connectivity index (χ4v) is 4.58. The van der Waals surface area contributed by atoms with Gasteiger partial charge < -0.3 is 14.8 Å². The number of aromatic nitrogens is 1. The summed E-state index contributed by atoms with van der Waals surface area (Å²) in [5.74, 6) is 0.874. The maximum absolute atomic E-state index is 12.9. The van der Waals surface area contributed by atoms with Crippen LogP contribution in [-0.2, 0) is 13.1 Å². The lowest BCUT2D eigenvalue weighted by atomic mass is 10.1. The Bertz CT molecular complexity index is 1060. The number of fused-ring (bicyclic) bond motifs is 3. The molecule has 0 radical (unpaired) electrons. The molecule has 1 fully saturated rings. The monoisotopic (exact) mass is 418 g/mol. The summed E-state index contributed by atoms with van der Waals surface area (Å²) < 4.78 is 2.14. The van der Waals surface area contributed by atoms with E-state index in [1.165, 1.54) is 30.6 Å². The van der Waals surface area contributed by atoms with Crippen molar-refractivity contribution in [3.05, 3.63) is 58.9 Å². The van der Waals surface area contributed by atoms with Gasteiger partial charge in [-0.2, -0.15) is 5.10 Å². The van der Waals surface area contributed by atoms with E-state index in [-0.39, 0.29) is 12.1 Å². The lowest BCUT2D eigenvalue weighted by Crippen LogP contribution is -2.39. The van der Waals surface area contributed by atoms with Crippen LogP contribution >= 0.6 is 0 Å². The van der Waals surface area contributed by atoms with Crippen molar-refractivity contribution in [1.82, 2.24) is 19.8 Å². The molecule has 1 saturated heterocycles. The van der Waals surface area contributed by atoms with Gasteiger partial charge in [0.25, 0.3) is 5.91 Å². The smallest absolute Gasteiger partial charge is 0.268 e. The maximum Gasteiger partial charge on any atom is 0.268 e. The number of nitrogens with zero attached hydrogens (tertiary/aromatic N) is 5. The molecular formula is C24H30N6O. The molecular weight excluding hydrogens is 388 g/mol. The molecule has 162 valence electrons. The molecule has 1 aromatic carbocycles. The Balaban J connectivity index is 1.51. The van der Waals surface area contributed by atoms with E-state index in [0.717, 1.165) is 23.8 Å². The van der Waals surface area contributed by atoms with E-state index in [1.807, 2.05) is 31.1 Å². The number of anilines is 1. The van der Waals surface area contributed by atoms with Crippen molar-refractivity contribution < 1.29 is 4.79 Å². The van der Waals surface area contributed by atoms with Crippen LogP contribution in [0.15, 0.2) is 41.5 Å². The van der Waals surface area contributed by atoms with E-state index >= 15 is 0 Å². The first kappa shape index (κ1) is 19.9. The average Bonchev–Trinajstić information content (AvgIpc) is 3.23. The van der Waals surface area contributed by atoms with Crippen LogP contribution in [0.3, 0.4) is 0 Å². The molecule has 0 spiro atoms. The number of rotatable bonds is 6. The molecule has 0 saturated carbocycles. The van der Waals surface area contributed by atoms with Crippen LogP contribution in [-0.4, -0.2) is 59.1 Å². The standard InChI is InChI=1S/C24H30N6O/c1-4-25-24(31)22-14-21-20(9-10-23-26-27(3)17(2)30(21)23)29(22)16-19-8-5-7-18(13-19)15-28-11-6-12-28/h5,7-10,13-14,17H,4,6,11-12,15-16H2,1-3H3,(H,25,31). The highest BCUT2D eigenvalue weighted by molar-refractivity contribution is 6.13. The number of likely N-dealkylation sites (tertiary alicyclic amines) is 1. The van der Waals surface area contributed by atoms with Crippen molar-refractivity contribution in [2.45, 2.75) is 39.5 Å². The normalized spacial score (nSPS) is 19.7. The van der Waals surface area contributed by atoms with E-state index in [4.69, 9.17) is 0 Å². The van der Waals surface area contributed by atoms with Crippen LogP contribution in [0.2, 0.25) is 0 Å². The minimum absolute atomic E-state index is 0.0410. The third kappa shape index (κ3) is 3.53. The first-order chi connectivity index (χ1) is 15.0. The van der Waals surface area contributed by atoms with E-state index in [9.17, 15) is 4.79 Å². The maximum atomic E-state index is 12.9. The van der Waals surface area contributed by atoms with E-state index in [1.54, 1.807) is 0 Å². The van der Waals surface area contributed by atoms with Gasteiger partial charge in [-0.1, -0.05) is 24.3 Å². The van der Waals surface area contributed by atoms with Gasteiger partial charge >= 0.3 is 0 Å². The second kappa shape index (κ2) is 7.89. The predicted octanol–water partition coefficient (Wildman–Crippen LogP) is 2.93. The van der Waals surface area contributed by atoms with Gasteiger partial charge in [0.2, 0.25) is 0 Å². The molecule has 2 aromatic rings. The van der Waals surface area contributed by atoms with Gasteiger partial charge in [-0.3, -0.25) is 14.7 Å². The number of hydrogen-bond donors (Lipinski definition) is 1. The molecule has 3 aliphatic rings. The van der Waals surface area contributed by atoms with Crippen molar-refractivity contribution in [1.29, 1.82) is 0 Å². The van der Waals surface area contributed by atoms with Crippen LogP contribution in [0, 0.1) is 0 Å². The Morgan fingerprint density at radius 3 is 2.65 bits per heavy atom. The molecule has 4 heterocycles. The number of carbonyl (C=O) groups excluding carboxylic acids is 1. The van der Waals surface area contributed by atoms with Gasteiger partial charge in [0.1, 0.15) is 11.9 Å². The van der Waals surface area contributed by atoms with Crippen LogP contribution in [0.1, 0.15) is 47.6 Å². The van der Waals surface area contributed by atoms with Gasteiger partial charge in [0.15, 0.2) is 5.84 Å². The summed E-state index contributed by atoms with van der Waals surface area (Å²) in [7, 11) is 1.98. The quantitative estimate of drug-likeness (QED) is 0.784. The third-order valence-electron chi connectivity index (χ3n) is 6.45. The summed E-state index contributed by atoms with van der Waals surface area (Å²) in [6.07, 6.45) is 5.54. The van der Waals surface area contributed by atoms with Crippen LogP contribution in [0.5, 0.6) is 0 Å². The van der Waals surface area contributed by atoms with Gasteiger partial charge in [-0.25, -0.2) is 0 Å². The highest BCUT2D eigenvalue weighted by atomic mass is 16.1. The summed E-state index contributed by atoms with van der Waals surface area (Å²) in [6.45, 7) is 8.71. The number of hydrogen-bond acceptors (Lipinski definition) is 5. The van der Waals surface area contributed by atoms with Gasteiger partial charge in [-0.15, -0.1) is 0 Å². The molecule has 1 N–H and O–H groups in total. The molecule has 3 aliphatic heterocycles. The number of amides is 1. The number of nitrogens with one attached hydrogen (secondary N) is 1. The van der Waals surface area contributed by atoms with E-state index < -0.39 is 0 Å². The topological polar surface area (TPSA) is 56.1 Å². The predicted molar refractivity (Wildman–Crippen MR) is 124 cm³/mol. The Kier molecular flexibility index (Phi) is 5.06. The molecule has 7 nitrogen and oxygen atoms in total. The summed E-state index contributed by atoms with van der Waals surface area (Å²) in [5.41, 5.74) is 5.32. The Labute approximate surface area is 183 Å². The lowest BCUT2D eigenvalue weighted by molar-refractivity contribution is 0.0947.